The summed E-state index contributed by atoms with van der Waals surface area (Å²) in [5, 5.41) is 10.1. The minimum absolute atomic E-state index is 0.126. The van der Waals surface area contributed by atoms with Crippen LogP contribution < -0.4 is 21.8 Å². The highest BCUT2D eigenvalue weighted by molar-refractivity contribution is 5.91. The first kappa shape index (κ1) is 18.7. The van der Waals surface area contributed by atoms with Gasteiger partial charge in [0.1, 0.15) is 5.56 Å². The van der Waals surface area contributed by atoms with Gasteiger partial charge >= 0.3 is 11.4 Å². The molecule has 1 fully saturated rings. The van der Waals surface area contributed by atoms with E-state index in [1.807, 2.05) is 6.07 Å². The minimum atomic E-state index is -0.730. The van der Waals surface area contributed by atoms with Crippen molar-refractivity contribution in [2.45, 2.75) is 0 Å². The summed E-state index contributed by atoms with van der Waals surface area (Å²) in [6.45, 7) is 3.33. The van der Waals surface area contributed by atoms with Crippen molar-refractivity contribution in [3.63, 3.8) is 0 Å². The normalized spacial score (nSPS) is 15.6. The molecular formula is C18H21N7O4. The van der Waals surface area contributed by atoms with Crippen molar-refractivity contribution in [1.29, 1.82) is 0 Å². The number of nitrogens with one attached hydrogen (secondary N) is 3. The predicted octanol–water partition coefficient (Wildman–Crippen LogP) is -0.549. The Hall–Kier alpha value is -3.60. The lowest BCUT2D eigenvalue weighted by molar-refractivity contribution is 0.313. The average Bonchev–Trinajstić information content (AvgIpc) is 3.05. The average molecular weight is 399 g/mol. The van der Waals surface area contributed by atoms with Gasteiger partial charge in [-0.15, -0.1) is 0 Å². The molecule has 1 aliphatic rings. The first-order valence-corrected chi connectivity index (χ1v) is 9.09. The van der Waals surface area contributed by atoms with Gasteiger partial charge in [-0.1, -0.05) is 0 Å². The van der Waals surface area contributed by atoms with Gasteiger partial charge in [0, 0.05) is 39.4 Å². The molecule has 0 atom stereocenters. The van der Waals surface area contributed by atoms with Gasteiger partial charge in [0.25, 0.3) is 5.56 Å². The molecule has 1 saturated heterocycles. The molecule has 4 rings (SSSR count). The molecule has 29 heavy (non-hydrogen) atoms. The third kappa shape index (κ3) is 3.47. The molecule has 1 aliphatic heterocycles. The maximum absolute atomic E-state index is 12.1. The summed E-state index contributed by atoms with van der Waals surface area (Å²) in [6, 6.07) is 3.56. The van der Waals surface area contributed by atoms with Crippen LogP contribution in [0.1, 0.15) is 5.56 Å². The van der Waals surface area contributed by atoms with Crippen LogP contribution in [0.25, 0.3) is 11.0 Å². The molecular weight excluding hydrogens is 378 g/mol. The fourth-order valence-electron chi connectivity index (χ4n) is 3.34. The SMILES string of the molecule is CN1CCN(c2cc3[nH]c(=O)[nH]c3cc2N=Cc2c(O)n(C)c(=O)[nH]c2=O)CC1. The van der Waals surface area contributed by atoms with E-state index in [4.69, 9.17) is 0 Å². The molecule has 11 heteroatoms. The minimum Gasteiger partial charge on any atom is -0.494 e. The summed E-state index contributed by atoms with van der Waals surface area (Å²) in [5.74, 6) is -0.472. The van der Waals surface area contributed by atoms with Gasteiger partial charge in [0.15, 0.2) is 0 Å². The molecule has 0 aliphatic carbocycles. The van der Waals surface area contributed by atoms with Crippen LogP contribution in [0.5, 0.6) is 5.88 Å². The van der Waals surface area contributed by atoms with Crippen LogP contribution in [0.15, 0.2) is 31.5 Å². The van der Waals surface area contributed by atoms with Crippen LogP contribution in [-0.4, -0.2) is 69.0 Å². The Balaban J connectivity index is 1.82. The van der Waals surface area contributed by atoms with E-state index in [1.165, 1.54) is 13.3 Å². The molecule has 152 valence electrons. The number of aliphatic imine (C=N–C) groups is 1. The number of H-pyrrole nitrogens is 3. The number of aromatic nitrogens is 4. The van der Waals surface area contributed by atoms with Gasteiger partial charge < -0.3 is 24.9 Å². The van der Waals surface area contributed by atoms with Gasteiger partial charge in [0.05, 0.1) is 22.4 Å². The Morgan fingerprint density at radius 2 is 1.66 bits per heavy atom. The summed E-state index contributed by atoms with van der Waals surface area (Å²) < 4.78 is 0.928. The molecule has 1 aromatic carbocycles. The monoisotopic (exact) mass is 399 g/mol. The second kappa shape index (κ2) is 7.09. The number of piperazine rings is 1. The first-order chi connectivity index (χ1) is 13.8. The summed E-state index contributed by atoms with van der Waals surface area (Å²) in [4.78, 5) is 51.7. The largest absolute Gasteiger partial charge is 0.494 e. The fourth-order valence-corrected chi connectivity index (χ4v) is 3.34. The van der Waals surface area contributed by atoms with Crippen LogP contribution in [-0.2, 0) is 7.05 Å². The van der Waals surface area contributed by atoms with Crippen LogP contribution >= 0.6 is 0 Å². The Morgan fingerprint density at radius 3 is 2.34 bits per heavy atom. The number of hydrogen-bond donors (Lipinski definition) is 4. The number of aromatic amines is 3. The number of fused-ring (bicyclic) bond motifs is 1. The molecule has 0 radical (unpaired) electrons. The number of benzene rings is 1. The fraction of sp³-hybridized carbons (Fsp3) is 0.333. The zero-order valence-electron chi connectivity index (χ0n) is 16.0. The summed E-state index contributed by atoms with van der Waals surface area (Å²) in [5.41, 5.74) is 0.685. The Bertz CT molecular complexity index is 1270. The maximum atomic E-state index is 12.1. The Labute approximate surface area is 163 Å². The molecule has 4 N–H and O–H groups in total. The molecule has 3 heterocycles. The van der Waals surface area contributed by atoms with E-state index in [0.717, 1.165) is 36.4 Å². The van der Waals surface area contributed by atoms with Gasteiger partial charge in [-0.05, 0) is 19.2 Å². The smallest absolute Gasteiger partial charge is 0.330 e. The lowest BCUT2D eigenvalue weighted by atomic mass is 10.2. The lowest BCUT2D eigenvalue weighted by Crippen LogP contribution is -2.44. The lowest BCUT2D eigenvalue weighted by Gasteiger charge is -2.34. The maximum Gasteiger partial charge on any atom is 0.330 e. The van der Waals surface area contributed by atoms with Crippen LogP contribution in [0.2, 0.25) is 0 Å². The summed E-state index contributed by atoms with van der Waals surface area (Å²) in [6.07, 6.45) is 1.22. The van der Waals surface area contributed by atoms with Crippen molar-refractivity contribution >= 4 is 28.6 Å². The molecule has 3 aromatic rings. The highest BCUT2D eigenvalue weighted by Crippen LogP contribution is 2.32. The van der Waals surface area contributed by atoms with E-state index in [1.54, 1.807) is 6.07 Å². The quantitative estimate of drug-likeness (QED) is 0.435. The van der Waals surface area contributed by atoms with Crippen molar-refractivity contribution in [1.82, 2.24) is 24.4 Å². The highest BCUT2D eigenvalue weighted by Gasteiger charge is 2.19. The Kier molecular flexibility index (Phi) is 4.59. The van der Waals surface area contributed by atoms with Gasteiger partial charge in [-0.2, -0.15) is 0 Å². The number of likely N-dealkylation sites (N-methyl/N-ethyl adjacent to an activating group) is 1. The first-order valence-electron chi connectivity index (χ1n) is 9.09. The zero-order valence-corrected chi connectivity index (χ0v) is 16.0. The van der Waals surface area contributed by atoms with Crippen LogP contribution in [0, 0.1) is 0 Å². The number of anilines is 1. The van der Waals surface area contributed by atoms with Crippen molar-refractivity contribution in [2.75, 3.05) is 38.1 Å². The molecule has 0 bridgehead atoms. The molecule has 0 unspecified atom stereocenters. The molecule has 11 nitrogen and oxygen atoms in total. The zero-order chi connectivity index (χ0) is 20.7. The molecule has 0 amide bonds. The van der Waals surface area contributed by atoms with Crippen molar-refractivity contribution < 1.29 is 5.11 Å². The molecule has 0 spiro atoms. The second-order valence-electron chi connectivity index (χ2n) is 7.07. The van der Waals surface area contributed by atoms with E-state index < -0.39 is 17.1 Å². The van der Waals surface area contributed by atoms with Crippen LogP contribution in [0.3, 0.4) is 0 Å². The topological polar surface area (TPSA) is 143 Å². The third-order valence-electron chi connectivity index (χ3n) is 5.12. The van der Waals surface area contributed by atoms with Gasteiger partial charge in [-0.3, -0.25) is 19.3 Å². The standard InChI is InChI=1S/C18H21N7O4/c1-23-3-5-25(6-4-23)14-8-12-11(20-17(28)21-12)7-13(14)19-9-10-15(26)22-18(29)24(2)16(10)27/h7-9,27H,3-6H2,1-2H3,(H2,20,21,28)(H,22,26,29). The van der Waals surface area contributed by atoms with Crippen molar-refractivity contribution in [3.05, 3.63) is 49.0 Å². The van der Waals surface area contributed by atoms with Gasteiger partial charge in [-0.25, -0.2) is 9.59 Å². The number of nitrogens with zero attached hydrogens (tertiary/aromatic N) is 4. The number of imidazole rings is 1. The second-order valence-corrected chi connectivity index (χ2v) is 7.07. The summed E-state index contributed by atoms with van der Waals surface area (Å²) in [7, 11) is 3.40. The number of rotatable bonds is 3. The van der Waals surface area contributed by atoms with Crippen LogP contribution in [0.4, 0.5) is 11.4 Å². The predicted molar refractivity (Wildman–Crippen MR) is 110 cm³/mol. The molecule has 0 saturated carbocycles. The molecule has 2 aromatic heterocycles. The van der Waals surface area contributed by atoms with E-state index in [9.17, 15) is 19.5 Å². The number of hydrogen-bond acceptors (Lipinski definition) is 7. The van der Waals surface area contributed by atoms with Gasteiger partial charge in [0.2, 0.25) is 5.88 Å². The van der Waals surface area contributed by atoms with E-state index >= 15 is 0 Å². The van der Waals surface area contributed by atoms with E-state index in [2.05, 4.69) is 36.8 Å². The summed E-state index contributed by atoms with van der Waals surface area (Å²) >= 11 is 0. The highest BCUT2D eigenvalue weighted by atomic mass is 16.3. The van der Waals surface area contributed by atoms with Crippen molar-refractivity contribution in [3.8, 4) is 5.88 Å². The van der Waals surface area contributed by atoms with E-state index in [0.29, 0.717) is 16.7 Å². The van der Waals surface area contributed by atoms with E-state index in [-0.39, 0.29) is 11.3 Å². The third-order valence-corrected chi connectivity index (χ3v) is 5.12. The number of aromatic hydroxyl groups is 1. The Morgan fingerprint density at radius 1 is 1.00 bits per heavy atom. The van der Waals surface area contributed by atoms with Crippen molar-refractivity contribution in [2.24, 2.45) is 12.0 Å².